The fourth-order valence-corrected chi connectivity index (χ4v) is 4.94. The van der Waals surface area contributed by atoms with Crippen molar-refractivity contribution < 1.29 is 19.4 Å². The van der Waals surface area contributed by atoms with E-state index >= 15 is 0 Å². The highest BCUT2D eigenvalue weighted by atomic mass is 16.6. The molecule has 0 saturated heterocycles. The molecule has 0 aromatic heterocycles. The van der Waals surface area contributed by atoms with E-state index in [-0.39, 0.29) is 19.2 Å². The van der Waals surface area contributed by atoms with Gasteiger partial charge in [-0.3, -0.25) is 4.79 Å². The van der Waals surface area contributed by atoms with E-state index in [0.717, 1.165) is 70.6 Å². The molecule has 1 atom stereocenters. The van der Waals surface area contributed by atoms with Crippen molar-refractivity contribution >= 4 is 5.97 Å². The second kappa shape index (κ2) is 39.0. The molecule has 0 spiro atoms. The van der Waals surface area contributed by atoms with Crippen LogP contribution in [0.15, 0.2) is 72.9 Å². The lowest BCUT2D eigenvalue weighted by molar-refractivity contribution is -0.154. The van der Waals surface area contributed by atoms with Crippen LogP contribution in [0.25, 0.3) is 0 Å². The molecule has 0 aromatic carbocycles. The van der Waals surface area contributed by atoms with Crippen LogP contribution in [0.5, 0.6) is 0 Å². The molecule has 0 saturated carbocycles. The Bertz CT molecular complexity index is 804. The zero-order valence-corrected chi connectivity index (χ0v) is 30.1. The third-order valence-corrected chi connectivity index (χ3v) is 7.77. The van der Waals surface area contributed by atoms with Crippen molar-refractivity contribution in [3.8, 4) is 0 Å². The third kappa shape index (κ3) is 36.3. The molecule has 0 fully saturated rings. The van der Waals surface area contributed by atoms with Crippen LogP contribution in [0.4, 0.5) is 0 Å². The monoisotopic (exact) mass is 641 g/mol. The summed E-state index contributed by atoms with van der Waals surface area (Å²) in [6, 6.07) is 0. The highest BCUT2D eigenvalue weighted by Crippen LogP contribution is 2.11. The number of aliphatic hydroxyl groups excluding tert-OH is 1. The average Bonchev–Trinajstić information content (AvgIpc) is 3.06. The van der Waals surface area contributed by atoms with Gasteiger partial charge in [0.05, 0.1) is 13.2 Å². The third-order valence-electron chi connectivity index (χ3n) is 7.77. The average molecular weight is 641 g/mol. The number of esters is 1. The predicted octanol–water partition coefficient (Wildman–Crippen LogP) is 12.3. The normalized spacial score (nSPS) is 13.2. The Labute approximate surface area is 285 Å². The number of carbonyl (C=O) groups excluding carboxylic acids is 1. The molecule has 0 bridgehead atoms. The van der Waals surface area contributed by atoms with Crippen LogP contribution >= 0.6 is 0 Å². The number of rotatable bonds is 34. The fraction of sp³-hybridized carbons (Fsp3) is 0.690. The first-order valence-electron chi connectivity index (χ1n) is 19.0. The maximum atomic E-state index is 12.1. The maximum Gasteiger partial charge on any atom is 0.306 e. The molecule has 1 N–H and O–H groups in total. The van der Waals surface area contributed by atoms with E-state index in [1.807, 2.05) is 0 Å². The lowest BCUT2D eigenvalue weighted by Crippen LogP contribution is -2.27. The van der Waals surface area contributed by atoms with Crippen molar-refractivity contribution in [1.29, 1.82) is 0 Å². The summed E-state index contributed by atoms with van der Waals surface area (Å²) in [7, 11) is 0. The SMILES string of the molecule is CC/C=C\C/C=C\C/C=C\C/C=C\C/C=C\CCCCCCOCC(CO)OC(=O)CCCCCCC/C=C\CCCCCCC. The maximum absolute atomic E-state index is 12.1. The molecular weight excluding hydrogens is 568 g/mol. The number of allylic oxidation sites excluding steroid dienone is 12. The summed E-state index contributed by atoms with van der Waals surface area (Å²) in [6.45, 7) is 5.14. The first-order valence-corrected chi connectivity index (χ1v) is 19.0. The molecule has 0 aliphatic heterocycles. The van der Waals surface area contributed by atoms with Crippen LogP contribution in [-0.4, -0.2) is 37.0 Å². The molecule has 0 aromatic rings. The fourth-order valence-electron chi connectivity index (χ4n) is 4.94. The van der Waals surface area contributed by atoms with Gasteiger partial charge in [0.1, 0.15) is 6.10 Å². The van der Waals surface area contributed by atoms with E-state index in [9.17, 15) is 9.90 Å². The van der Waals surface area contributed by atoms with E-state index in [2.05, 4.69) is 86.8 Å². The minimum Gasteiger partial charge on any atom is -0.457 e. The van der Waals surface area contributed by atoms with Gasteiger partial charge in [-0.1, -0.05) is 145 Å². The number of ether oxygens (including phenoxy) is 2. The molecule has 0 aliphatic carbocycles. The summed E-state index contributed by atoms with van der Waals surface area (Å²) in [6.07, 6.45) is 52.3. The topological polar surface area (TPSA) is 55.8 Å². The van der Waals surface area contributed by atoms with Crippen molar-refractivity contribution in [3.05, 3.63) is 72.9 Å². The van der Waals surface area contributed by atoms with E-state index in [1.165, 1.54) is 70.6 Å². The van der Waals surface area contributed by atoms with Gasteiger partial charge in [-0.25, -0.2) is 0 Å². The molecule has 46 heavy (non-hydrogen) atoms. The van der Waals surface area contributed by atoms with Crippen molar-refractivity contribution in [2.24, 2.45) is 0 Å². The first kappa shape index (κ1) is 43.8. The van der Waals surface area contributed by atoms with Crippen LogP contribution in [0.1, 0.15) is 162 Å². The number of aliphatic hydroxyl groups is 1. The van der Waals surface area contributed by atoms with Gasteiger partial charge in [-0.15, -0.1) is 0 Å². The number of carbonyl (C=O) groups is 1. The number of unbranched alkanes of at least 4 members (excludes halogenated alkanes) is 14. The summed E-state index contributed by atoms with van der Waals surface area (Å²) in [5.41, 5.74) is 0. The molecule has 0 heterocycles. The van der Waals surface area contributed by atoms with Crippen LogP contribution in [-0.2, 0) is 14.3 Å². The lowest BCUT2D eigenvalue weighted by Gasteiger charge is -2.15. The van der Waals surface area contributed by atoms with Gasteiger partial charge in [0.25, 0.3) is 0 Å². The van der Waals surface area contributed by atoms with Gasteiger partial charge in [-0.05, 0) is 83.5 Å². The summed E-state index contributed by atoms with van der Waals surface area (Å²) in [5, 5.41) is 9.56. The first-order chi connectivity index (χ1) is 22.7. The Morgan fingerprint density at radius 2 is 0.978 bits per heavy atom. The Kier molecular flexibility index (Phi) is 37.2. The summed E-state index contributed by atoms with van der Waals surface area (Å²) in [4.78, 5) is 12.1. The predicted molar refractivity (Wildman–Crippen MR) is 200 cm³/mol. The minimum absolute atomic E-state index is 0.189. The van der Waals surface area contributed by atoms with Crippen LogP contribution in [0.3, 0.4) is 0 Å². The Hall–Kier alpha value is -2.17. The Balaban J connectivity index is 3.55. The van der Waals surface area contributed by atoms with Crippen LogP contribution in [0, 0.1) is 0 Å². The van der Waals surface area contributed by atoms with E-state index < -0.39 is 6.10 Å². The standard InChI is InChI=1S/C42H72O4/c1-3-5-7-9-11-13-15-17-19-20-21-22-23-24-26-28-30-32-34-36-38-45-40-41(39-43)46-42(44)37-35-33-31-29-27-25-18-16-14-12-10-8-6-4-2/h5,7,11,13,16-19,21-22,24,26,41,43H,3-4,6,8-10,12,14-15,20,23,25,27-40H2,1-2H3/b7-5-,13-11-,18-16-,19-17-,22-21-,26-24-. The Morgan fingerprint density at radius 1 is 0.543 bits per heavy atom. The molecular formula is C42H72O4. The summed E-state index contributed by atoms with van der Waals surface area (Å²) in [5.74, 6) is -0.223. The smallest absolute Gasteiger partial charge is 0.306 e. The van der Waals surface area contributed by atoms with E-state index in [4.69, 9.17) is 9.47 Å². The molecule has 0 rings (SSSR count). The second-order valence-electron chi connectivity index (χ2n) is 12.3. The molecule has 264 valence electrons. The van der Waals surface area contributed by atoms with Gasteiger partial charge < -0.3 is 14.6 Å². The number of hydrogen-bond donors (Lipinski definition) is 1. The molecule has 4 heteroatoms. The van der Waals surface area contributed by atoms with Crippen molar-refractivity contribution in [1.82, 2.24) is 0 Å². The van der Waals surface area contributed by atoms with Gasteiger partial charge >= 0.3 is 5.97 Å². The molecule has 0 radical (unpaired) electrons. The van der Waals surface area contributed by atoms with Crippen molar-refractivity contribution in [2.75, 3.05) is 19.8 Å². The van der Waals surface area contributed by atoms with Gasteiger partial charge in [0.2, 0.25) is 0 Å². The molecule has 0 aliphatic rings. The second-order valence-corrected chi connectivity index (χ2v) is 12.3. The highest BCUT2D eigenvalue weighted by molar-refractivity contribution is 5.69. The molecule has 1 unspecified atom stereocenters. The van der Waals surface area contributed by atoms with Crippen molar-refractivity contribution in [2.45, 2.75) is 168 Å². The highest BCUT2D eigenvalue weighted by Gasteiger charge is 2.13. The van der Waals surface area contributed by atoms with Gasteiger partial charge in [0, 0.05) is 13.0 Å². The quantitative estimate of drug-likeness (QED) is 0.0432. The molecule has 4 nitrogen and oxygen atoms in total. The van der Waals surface area contributed by atoms with Crippen LogP contribution < -0.4 is 0 Å². The van der Waals surface area contributed by atoms with Gasteiger partial charge in [0.15, 0.2) is 0 Å². The van der Waals surface area contributed by atoms with E-state index in [1.54, 1.807) is 0 Å². The van der Waals surface area contributed by atoms with Crippen molar-refractivity contribution in [3.63, 3.8) is 0 Å². The Morgan fingerprint density at radius 3 is 1.50 bits per heavy atom. The van der Waals surface area contributed by atoms with Gasteiger partial charge in [-0.2, -0.15) is 0 Å². The lowest BCUT2D eigenvalue weighted by atomic mass is 10.1. The molecule has 0 amide bonds. The summed E-state index contributed by atoms with van der Waals surface area (Å²) >= 11 is 0. The zero-order valence-electron chi connectivity index (χ0n) is 30.1. The largest absolute Gasteiger partial charge is 0.457 e. The minimum atomic E-state index is -0.554. The van der Waals surface area contributed by atoms with Crippen LogP contribution in [0.2, 0.25) is 0 Å². The zero-order chi connectivity index (χ0) is 33.4. The van der Waals surface area contributed by atoms with E-state index in [0.29, 0.717) is 13.0 Å². The number of hydrogen-bond acceptors (Lipinski definition) is 4. The summed E-state index contributed by atoms with van der Waals surface area (Å²) < 4.78 is 11.1.